The van der Waals surface area contributed by atoms with Gasteiger partial charge in [0.1, 0.15) is 17.4 Å². The Bertz CT molecular complexity index is 881. The Hall–Kier alpha value is -2.50. The fraction of sp³-hybridized carbons (Fsp3) is 0.150. The van der Waals surface area contributed by atoms with Gasteiger partial charge < -0.3 is 19.2 Å². The molecule has 4 nitrogen and oxygen atoms in total. The SMILES string of the molecule is COc1cccc(C(=S)NCc2ccco2)c1OCc1ccccc1Cl. The standard InChI is InChI=1S/C20H18ClNO3S/c1-23-18-10-4-8-16(20(26)22-12-15-7-5-11-24-15)19(18)25-13-14-6-2-3-9-17(14)21/h2-11H,12-13H2,1H3,(H,22,26). The largest absolute Gasteiger partial charge is 0.493 e. The molecular weight excluding hydrogens is 370 g/mol. The lowest BCUT2D eigenvalue weighted by Crippen LogP contribution is -2.22. The lowest BCUT2D eigenvalue weighted by Gasteiger charge is -2.16. The van der Waals surface area contributed by atoms with E-state index in [2.05, 4.69) is 5.32 Å². The fourth-order valence-electron chi connectivity index (χ4n) is 2.45. The first-order valence-electron chi connectivity index (χ1n) is 8.03. The summed E-state index contributed by atoms with van der Waals surface area (Å²) >= 11 is 11.7. The van der Waals surface area contributed by atoms with E-state index >= 15 is 0 Å². The molecule has 0 aliphatic carbocycles. The number of ether oxygens (including phenoxy) is 2. The zero-order valence-corrected chi connectivity index (χ0v) is 15.8. The molecule has 0 atom stereocenters. The second-order valence-electron chi connectivity index (χ2n) is 5.48. The number of halogens is 1. The second-order valence-corrected chi connectivity index (χ2v) is 6.29. The van der Waals surface area contributed by atoms with Crippen molar-refractivity contribution < 1.29 is 13.9 Å². The molecule has 6 heteroatoms. The molecule has 0 saturated carbocycles. The van der Waals surface area contributed by atoms with Crippen molar-refractivity contribution in [3.8, 4) is 11.5 Å². The van der Waals surface area contributed by atoms with Crippen molar-refractivity contribution in [2.24, 2.45) is 0 Å². The normalized spacial score (nSPS) is 10.4. The minimum Gasteiger partial charge on any atom is -0.493 e. The summed E-state index contributed by atoms with van der Waals surface area (Å²) in [6, 6.07) is 16.9. The summed E-state index contributed by atoms with van der Waals surface area (Å²) in [5, 5.41) is 3.83. The Morgan fingerprint density at radius 3 is 2.69 bits per heavy atom. The molecule has 0 radical (unpaired) electrons. The van der Waals surface area contributed by atoms with Crippen LogP contribution in [0.2, 0.25) is 5.02 Å². The van der Waals surface area contributed by atoms with E-state index in [1.54, 1.807) is 13.4 Å². The number of methoxy groups -OCH3 is 1. The minimum atomic E-state index is 0.313. The first-order chi connectivity index (χ1) is 12.7. The first-order valence-corrected chi connectivity index (χ1v) is 8.81. The Balaban J connectivity index is 1.79. The van der Waals surface area contributed by atoms with Gasteiger partial charge in [0.2, 0.25) is 0 Å². The molecule has 1 heterocycles. The van der Waals surface area contributed by atoms with E-state index in [1.165, 1.54) is 0 Å². The van der Waals surface area contributed by atoms with Crippen molar-refractivity contribution in [3.05, 3.63) is 82.8 Å². The van der Waals surface area contributed by atoms with Crippen LogP contribution < -0.4 is 14.8 Å². The molecule has 0 saturated heterocycles. The number of thiocarbonyl (C=S) groups is 1. The van der Waals surface area contributed by atoms with Crippen molar-refractivity contribution in [1.29, 1.82) is 0 Å². The number of hydrogen-bond acceptors (Lipinski definition) is 4. The predicted octanol–water partition coefficient (Wildman–Crippen LogP) is 4.99. The van der Waals surface area contributed by atoms with Crippen molar-refractivity contribution in [3.63, 3.8) is 0 Å². The summed E-state index contributed by atoms with van der Waals surface area (Å²) < 4.78 is 16.8. The number of nitrogens with one attached hydrogen (secondary N) is 1. The summed E-state index contributed by atoms with van der Waals surface area (Å²) in [6.07, 6.45) is 1.63. The lowest BCUT2D eigenvalue weighted by molar-refractivity contribution is 0.284. The van der Waals surface area contributed by atoms with E-state index in [0.717, 1.165) is 16.9 Å². The van der Waals surface area contributed by atoms with Gasteiger partial charge in [-0.25, -0.2) is 0 Å². The molecular formula is C20H18ClNO3S. The Morgan fingerprint density at radius 1 is 1.12 bits per heavy atom. The molecule has 26 heavy (non-hydrogen) atoms. The molecule has 134 valence electrons. The smallest absolute Gasteiger partial charge is 0.171 e. The highest BCUT2D eigenvalue weighted by Gasteiger charge is 2.15. The van der Waals surface area contributed by atoms with Crippen LogP contribution in [0.4, 0.5) is 0 Å². The lowest BCUT2D eigenvalue weighted by atomic mass is 10.1. The number of hydrogen-bond donors (Lipinski definition) is 1. The highest BCUT2D eigenvalue weighted by molar-refractivity contribution is 7.80. The molecule has 1 N–H and O–H groups in total. The molecule has 3 aromatic rings. The molecule has 2 aromatic carbocycles. The molecule has 0 aliphatic heterocycles. The molecule has 0 bridgehead atoms. The molecule has 0 spiro atoms. The average molecular weight is 388 g/mol. The van der Waals surface area contributed by atoms with Gasteiger partial charge in [-0.1, -0.05) is 48.1 Å². The number of rotatable bonds is 7. The highest BCUT2D eigenvalue weighted by Crippen LogP contribution is 2.32. The number of benzene rings is 2. The van der Waals surface area contributed by atoms with Crippen LogP contribution in [-0.4, -0.2) is 12.1 Å². The Morgan fingerprint density at radius 2 is 1.96 bits per heavy atom. The minimum absolute atomic E-state index is 0.313. The topological polar surface area (TPSA) is 43.6 Å². The molecule has 0 fully saturated rings. The van der Waals surface area contributed by atoms with Gasteiger partial charge >= 0.3 is 0 Å². The van der Waals surface area contributed by atoms with Gasteiger partial charge in [-0.15, -0.1) is 0 Å². The second kappa shape index (κ2) is 8.74. The van der Waals surface area contributed by atoms with Gasteiger partial charge in [-0.2, -0.15) is 0 Å². The van der Waals surface area contributed by atoms with Crippen LogP contribution in [0, 0.1) is 0 Å². The molecule has 1 aromatic heterocycles. The highest BCUT2D eigenvalue weighted by atomic mass is 35.5. The van der Waals surface area contributed by atoms with E-state index in [1.807, 2.05) is 54.6 Å². The predicted molar refractivity (Wildman–Crippen MR) is 106 cm³/mol. The van der Waals surface area contributed by atoms with Gasteiger partial charge in [-0.05, 0) is 30.3 Å². The van der Waals surface area contributed by atoms with E-state index in [4.69, 9.17) is 37.7 Å². The van der Waals surface area contributed by atoms with Crippen LogP contribution in [0.25, 0.3) is 0 Å². The van der Waals surface area contributed by atoms with Crippen LogP contribution >= 0.6 is 23.8 Å². The third-order valence-electron chi connectivity index (χ3n) is 3.78. The summed E-state index contributed by atoms with van der Waals surface area (Å²) in [4.78, 5) is 0.550. The number of furan rings is 1. The summed E-state index contributed by atoms with van der Waals surface area (Å²) in [5.74, 6) is 1.98. The fourth-order valence-corrected chi connectivity index (χ4v) is 2.87. The quantitative estimate of drug-likeness (QED) is 0.579. The monoisotopic (exact) mass is 387 g/mol. The van der Waals surface area contributed by atoms with Crippen LogP contribution in [0.3, 0.4) is 0 Å². The first kappa shape index (κ1) is 18.3. The van der Waals surface area contributed by atoms with Crippen molar-refractivity contribution in [2.75, 3.05) is 7.11 Å². The van der Waals surface area contributed by atoms with Gasteiger partial charge in [0.25, 0.3) is 0 Å². The van der Waals surface area contributed by atoms with Crippen molar-refractivity contribution in [1.82, 2.24) is 5.32 Å². The zero-order valence-electron chi connectivity index (χ0n) is 14.2. The summed E-state index contributed by atoms with van der Waals surface area (Å²) in [5.41, 5.74) is 1.64. The molecule has 0 unspecified atom stereocenters. The third-order valence-corrected chi connectivity index (χ3v) is 4.51. The zero-order chi connectivity index (χ0) is 18.4. The molecule has 3 rings (SSSR count). The van der Waals surface area contributed by atoms with Crippen LogP contribution in [0.15, 0.2) is 65.3 Å². The van der Waals surface area contributed by atoms with Crippen molar-refractivity contribution >= 4 is 28.8 Å². The van der Waals surface area contributed by atoms with Gasteiger partial charge in [0.05, 0.1) is 25.5 Å². The summed E-state index contributed by atoms with van der Waals surface area (Å²) in [7, 11) is 1.60. The maximum Gasteiger partial charge on any atom is 0.171 e. The van der Waals surface area contributed by atoms with Crippen molar-refractivity contribution in [2.45, 2.75) is 13.2 Å². The van der Waals surface area contributed by atoms with Crippen LogP contribution in [0.5, 0.6) is 11.5 Å². The van der Waals surface area contributed by atoms with E-state index < -0.39 is 0 Å². The number of para-hydroxylation sites is 1. The van der Waals surface area contributed by atoms with E-state index in [0.29, 0.717) is 34.7 Å². The maximum atomic E-state index is 6.21. The van der Waals surface area contributed by atoms with Gasteiger partial charge in [0, 0.05) is 10.6 Å². The average Bonchev–Trinajstić information content (AvgIpc) is 3.19. The van der Waals surface area contributed by atoms with Crippen LogP contribution in [0.1, 0.15) is 16.9 Å². The molecule has 0 aliphatic rings. The summed E-state index contributed by atoms with van der Waals surface area (Å²) in [6.45, 7) is 0.806. The Kier molecular flexibility index (Phi) is 6.15. The van der Waals surface area contributed by atoms with Gasteiger partial charge in [-0.3, -0.25) is 0 Å². The van der Waals surface area contributed by atoms with Gasteiger partial charge in [0.15, 0.2) is 11.5 Å². The van der Waals surface area contributed by atoms with E-state index in [9.17, 15) is 0 Å². The molecule has 0 amide bonds. The van der Waals surface area contributed by atoms with Crippen LogP contribution in [-0.2, 0) is 13.2 Å². The third kappa shape index (κ3) is 4.36. The maximum absolute atomic E-state index is 6.21. The van der Waals surface area contributed by atoms with E-state index in [-0.39, 0.29) is 0 Å². The Labute approximate surface area is 162 Å².